The Morgan fingerprint density at radius 2 is 2.05 bits per heavy atom. The van der Waals surface area contributed by atoms with Gasteiger partial charge in [-0.2, -0.15) is 0 Å². The number of hydrogen-bond acceptors (Lipinski definition) is 3. The fourth-order valence-corrected chi connectivity index (χ4v) is 3.14. The van der Waals surface area contributed by atoms with Crippen LogP contribution >= 0.6 is 0 Å². The summed E-state index contributed by atoms with van der Waals surface area (Å²) in [5.41, 5.74) is 0.154. The van der Waals surface area contributed by atoms with Gasteiger partial charge >= 0.3 is 5.97 Å². The summed E-state index contributed by atoms with van der Waals surface area (Å²) in [6.07, 6.45) is 9.24. The molecule has 0 saturated heterocycles. The Morgan fingerprint density at radius 3 is 2.68 bits per heavy atom. The lowest BCUT2D eigenvalue weighted by atomic mass is 9.86. The SMILES string of the molecule is Cc1oc(CNC(=O)CCCC2CCCCC2)cc1C(=O)O. The number of carbonyl (C=O) groups excluding carboxylic acids is 1. The molecule has 1 aromatic heterocycles. The number of rotatable bonds is 7. The number of amides is 1. The lowest BCUT2D eigenvalue weighted by Gasteiger charge is -2.21. The van der Waals surface area contributed by atoms with Crippen LogP contribution in [0.5, 0.6) is 0 Å². The molecule has 1 amide bonds. The van der Waals surface area contributed by atoms with Crippen LogP contribution in [0.25, 0.3) is 0 Å². The van der Waals surface area contributed by atoms with Crippen LogP contribution in [0.2, 0.25) is 0 Å². The van der Waals surface area contributed by atoms with Gasteiger partial charge < -0.3 is 14.8 Å². The number of furan rings is 1. The maximum atomic E-state index is 11.8. The number of hydrogen-bond donors (Lipinski definition) is 2. The zero-order chi connectivity index (χ0) is 15.9. The number of carboxylic acids is 1. The molecule has 1 aliphatic carbocycles. The van der Waals surface area contributed by atoms with E-state index >= 15 is 0 Å². The molecule has 0 atom stereocenters. The summed E-state index contributed by atoms with van der Waals surface area (Å²) in [4.78, 5) is 22.7. The van der Waals surface area contributed by atoms with E-state index in [-0.39, 0.29) is 18.0 Å². The fourth-order valence-electron chi connectivity index (χ4n) is 3.14. The van der Waals surface area contributed by atoms with Crippen molar-refractivity contribution >= 4 is 11.9 Å². The van der Waals surface area contributed by atoms with Gasteiger partial charge in [0.25, 0.3) is 0 Å². The normalized spacial score (nSPS) is 15.7. The van der Waals surface area contributed by atoms with Gasteiger partial charge in [0.1, 0.15) is 17.1 Å². The third-order valence-corrected chi connectivity index (χ3v) is 4.40. The molecule has 1 aliphatic rings. The molecule has 1 fully saturated rings. The van der Waals surface area contributed by atoms with Gasteiger partial charge in [0.15, 0.2) is 0 Å². The van der Waals surface area contributed by atoms with Crippen molar-refractivity contribution in [1.82, 2.24) is 5.32 Å². The van der Waals surface area contributed by atoms with Crippen molar-refractivity contribution in [2.75, 3.05) is 0 Å². The average Bonchev–Trinajstić information content (AvgIpc) is 2.87. The second-order valence-corrected chi connectivity index (χ2v) is 6.16. The van der Waals surface area contributed by atoms with E-state index in [4.69, 9.17) is 9.52 Å². The van der Waals surface area contributed by atoms with E-state index in [2.05, 4.69) is 5.32 Å². The van der Waals surface area contributed by atoms with Crippen molar-refractivity contribution in [3.05, 3.63) is 23.2 Å². The molecule has 122 valence electrons. The maximum absolute atomic E-state index is 11.8. The lowest BCUT2D eigenvalue weighted by Crippen LogP contribution is -2.22. The zero-order valence-corrected chi connectivity index (χ0v) is 13.2. The molecular formula is C17H25NO4. The monoisotopic (exact) mass is 307 g/mol. The lowest BCUT2D eigenvalue weighted by molar-refractivity contribution is -0.121. The third-order valence-electron chi connectivity index (χ3n) is 4.40. The van der Waals surface area contributed by atoms with E-state index < -0.39 is 5.97 Å². The van der Waals surface area contributed by atoms with Gasteiger partial charge in [0, 0.05) is 6.42 Å². The molecule has 0 unspecified atom stereocenters. The summed E-state index contributed by atoms with van der Waals surface area (Å²) in [6, 6.07) is 1.47. The molecule has 2 rings (SSSR count). The Hall–Kier alpha value is -1.78. The minimum absolute atomic E-state index is 0.00161. The highest BCUT2D eigenvalue weighted by atomic mass is 16.4. The first-order valence-electron chi connectivity index (χ1n) is 8.15. The zero-order valence-electron chi connectivity index (χ0n) is 13.2. The van der Waals surface area contributed by atoms with Crippen LogP contribution in [0, 0.1) is 12.8 Å². The van der Waals surface area contributed by atoms with E-state index in [1.54, 1.807) is 6.92 Å². The summed E-state index contributed by atoms with van der Waals surface area (Å²) in [5, 5.41) is 11.7. The molecule has 0 aliphatic heterocycles. The summed E-state index contributed by atoms with van der Waals surface area (Å²) >= 11 is 0. The Balaban J connectivity index is 1.66. The maximum Gasteiger partial charge on any atom is 0.339 e. The van der Waals surface area contributed by atoms with Gasteiger partial charge in [-0.05, 0) is 31.7 Å². The standard InChI is InChI=1S/C17H25NO4/c1-12-15(17(20)21)10-14(22-12)11-18-16(19)9-5-8-13-6-3-2-4-7-13/h10,13H,2-9,11H2,1H3,(H,18,19)(H,20,21). The number of carboxylic acid groups (broad SMARTS) is 1. The molecule has 5 nitrogen and oxygen atoms in total. The van der Waals surface area contributed by atoms with Gasteiger partial charge in [0.2, 0.25) is 5.91 Å². The van der Waals surface area contributed by atoms with Crippen molar-refractivity contribution in [2.45, 2.75) is 64.8 Å². The molecule has 0 radical (unpaired) electrons. The molecule has 5 heteroatoms. The van der Waals surface area contributed by atoms with Gasteiger partial charge in [-0.1, -0.05) is 32.1 Å². The summed E-state index contributed by atoms with van der Waals surface area (Å²) in [6.45, 7) is 1.86. The molecule has 2 N–H and O–H groups in total. The van der Waals surface area contributed by atoms with Gasteiger partial charge in [-0.25, -0.2) is 4.79 Å². The van der Waals surface area contributed by atoms with Crippen molar-refractivity contribution in [3.63, 3.8) is 0 Å². The molecule has 1 saturated carbocycles. The number of aromatic carboxylic acids is 1. The van der Waals surface area contributed by atoms with Crippen molar-refractivity contribution in [1.29, 1.82) is 0 Å². The first-order valence-corrected chi connectivity index (χ1v) is 8.15. The highest BCUT2D eigenvalue weighted by molar-refractivity contribution is 5.88. The summed E-state index contributed by atoms with van der Waals surface area (Å²) in [7, 11) is 0. The van der Waals surface area contributed by atoms with Crippen LogP contribution < -0.4 is 5.32 Å². The van der Waals surface area contributed by atoms with Crippen molar-refractivity contribution in [2.24, 2.45) is 5.92 Å². The van der Waals surface area contributed by atoms with E-state index in [9.17, 15) is 9.59 Å². The first kappa shape index (κ1) is 16.6. The molecule has 0 spiro atoms. The van der Waals surface area contributed by atoms with Crippen LogP contribution in [0.3, 0.4) is 0 Å². The van der Waals surface area contributed by atoms with E-state index in [1.807, 2.05) is 0 Å². The minimum Gasteiger partial charge on any atom is -0.478 e. The van der Waals surface area contributed by atoms with Gasteiger partial charge in [-0.15, -0.1) is 0 Å². The van der Waals surface area contributed by atoms with Crippen LogP contribution in [0.15, 0.2) is 10.5 Å². The predicted octanol–water partition coefficient (Wildman–Crippen LogP) is 3.65. The average molecular weight is 307 g/mol. The molecule has 0 bridgehead atoms. The second kappa shape index (κ2) is 8.01. The van der Waals surface area contributed by atoms with Gasteiger partial charge in [-0.3, -0.25) is 4.79 Å². The van der Waals surface area contributed by atoms with Crippen molar-refractivity contribution < 1.29 is 19.1 Å². The molecular weight excluding hydrogens is 282 g/mol. The van der Waals surface area contributed by atoms with E-state index in [0.717, 1.165) is 18.8 Å². The Morgan fingerprint density at radius 1 is 1.32 bits per heavy atom. The highest BCUT2D eigenvalue weighted by Crippen LogP contribution is 2.27. The molecule has 0 aromatic carbocycles. The van der Waals surface area contributed by atoms with Crippen molar-refractivity contribution in [3.8, 4) is 0 Å². The highest BCUT2D eigenvalue weighted by Gasteiger charge is 2.15. The molecule has 1 aromatic rings. The number of carbonyl (C=O) groups is 2. The minimum atomic E-state index is -1.01. The van der Waals surface area contributed by atoms with Crippen LogP contribution in [-0.2, 0) is 11.3 Å². The summed E-state index contributed by atoms with van der Waals surface area (Å²) in [5.74, 6) is 0.644. The smallest absolute Gasteiger partial charge is 0.339 e. The predicted molar refractivity (Wildman–Crippen MR) is 82.7 cm³/mol. The Bertz CT molecular complexity index is 515. The van der Waals surface area contributed by atoms with E-state index in [0.29, 0.717) is 17.9 Å². The largest absolute Gasteiger partial charge is 0.478 e. The Labute approximate surface area is 131 Å². The van der Waals surface area contributed by atoms with Crippen LogP contribution in [-0.4, -0.2) is 17.0 Å². The summed E-state index contributed by atoms with van der Waals surface area (Å²) < 4.78 is 5.33. The first-order chi connectivity index (χ1) is 10.6. The Kier molecular flexibility index (Phi) is 6.04. The number of nitrogens with one attached hydrogen (secondary N) is 1. The topological polar surface area (TPSA) is 79.5 Å². The molecule has 22 heavy (non-hydrogen) atoms. The van der Waals surface area contributed by atoms with Crippen LogP contribution in [0.1, 0.15) is 73.2 Å². The van der Waals surface area contributed by atoms with Gasteiger partial charge in [0.05, 0.1) is 6.54 Å². The fraction of sp³-hybridized carbons (Fsp3) is 0.647. The second-order valence-electron chi connectivity index (χ2n) is 6.16. The molecule has 1 heterocycles. The number of aryl methyl sites for hydroxylation is 1. The quantitative estimate of drug-likeness (QED) is 0.805. The van der Waals surface area contributed by atoms with Crippen LogP contribution in [0.4, 0.5) is 0 Å². The third kappa shape index (κ3) is 4.90. The van der Waals surface area contributed by atoms with E-state index in [1.165, 1.54) is 38.2 Å².